The summed E-state index contributed by atoms with van der Waals surface area (Å²) in [7, 11) is 0. The van der Waals surface area contributed by atoms with Crippen molar-refractivity contribution < 1.29 is 0 Å². The second-order valence-corrected chi connectivity index (χ2v) is 11.7. The van der Waals surface area contributed by atoms with Crippen LogP contribution in [0.2, 0.25) is 0 Å². The Morgan fingerprint density at radius 2 is 1.46 bits per heavy atom. The lowest BCUT2D eigenvalue weighted by atomic mass is 10.0. The number of H-pyrrole nitrogens is 2. The van der Waals surface area contributed by atoms with Crippen LogP contribution in [-0.4, -0.2) is 37.0 Å². The van der Waals surface area contributed by atoms with Gasteiger partial charge in [-0.05, 0) is 60.1 Å². The third kappa shape index (κ3) is 3.61. The molecule has 2 aliphatic heterocycles. The van der Waals surface area contributed by atoms with E-state index in [2.05, 4.69) is 91.7 Å². The first-order valence-electron chi connectivity index (χ1n) is 14.0. The molecule has 9 rings (SSSR count). The fourth-order valence-corrected chi connectivity index (χ4v) is 6.75. The van der Waals surface area contributed by atoms with Crippen LogP contribution in [0.3, 0.4) is 0 Å². The van der Waals surface area contributed by atoms with Crippen molar-refractivity contribution >= 4 is 10.9 Å². The summed E-state index contributed by atoms with van der Waals surface area (Å²) in [4.78, 5) is 21.3. The van der Waals surface area contributed by atoms with Crippen LogP contribution in [0.25, 0.3) is 44.7 Å². The highest BCUT2D eigenvalue weighted by Crippen LogP contribution is 2.49. The van der Waals surface area contributed by atoms with Gasteiger partial charge in [0.1, 0.15) is 11.6 Å². The van der Waals surface area contributed by atoms with Crippen LogP contribution in [0.15, 0.2) is 79.1 Å². The van der Waals surface area contributed by atoms with Gasteiger partial charge in [-0.2, -0.15) is 0 Å². The Morgan fingerprint density at radius 3 is 2.23 bits per heavy atom. The van der Waals surface area contributed by atoms with Gasteiger partial charge in [0.25, 0.3) is 0 Å². The molecule has 4 fully saturated rings. The Morgan fingerprint density at radius 1 is 0.718 bits per heavy atom. The van der Waals surface area contributed by atoms with Gasteiger partial charge in [0.15, 0.2) is 0 Å². The lowest BCUT2D eigenvalue weighted by Gasteiger charge is -2.10. The molecule has 6 atom stereocenters. The number of aromatic amines is 2. The minimum absolute atomic E-state index is 0.301. The lowest BCUT2D eigenvalue weighted by Crippen LogP contribution is -2.19. The Bertz CT molecular complexity index is 1740. The molecule has 2 saturated carbocycles. The monoisotopic (exact) mass is 511 g/mol. The number of nitrogens with zero attached hydrogens (tertiary/aromatic N) is 3. The average Bonchev–Trinajstić information content (AvgIpc) is 3.51. The maximum atomic E-state index is 4.93. The van der Waals surface area contributed by atoms with E-state index in [0.29, 0.717) is 30.1 Å². The van der Waals surface area contributed by atoms with Crippen LogP contribution < -0.4 is 10.6 Å². The molecule has 4 aliphatic rings. The van der Waals surface area contributed by atoms with Crippen molar-refractivity contribution in [2.24, 2.45) is 11.8 Å². The summed E-state index contributed by atoms with van der Waals surface area (Å²) in [5, 5.41) is 8.42. The minimum atomic E-state index is 0.301. The molecule has 0 bridgehead atoms. The zero-order chi connectivity index (χ0) is 25.7. The van der Waals surface area contributed by atoms with Gasteiger partial charge in [0, 0.05) is 23.4 Å². The Balaban J connectivity index is 0.928. The number of nitrogens with one attached hydrogen (secondary N) is 4. The summed E-state index contributed by atoms with van der Waals surface area (Å²) in [5.74, 6) is 3.53. The lowest BCUT2D eigenvalue weighted by molar-refractivity contribution is 0.543. The van der Waals surface area contributed by atoms with Gasteiger partial charge in [-0.3, -0.25) is 0 Å². The molecule has 0 amide bonds. The molecule has 39 heavy (non-hydrogen) atoms. The van der Waals surface area contributed by atoms with Crippen LogP contribution >= 0.6 is 0 Å². The molecule has 0 spiro atoms. The molecule has 2 aliphatic carbocycles. The van der Waals surface area contributed by atoms with Gasteiger partial charge in [-0.25, -0.2) is 15.0 Å². The summed E-state index contributed by atoms with van der Waals surface area (Å²) < 4.78 is 0. The van der Waals surface area contributed by atoms with E-state index in [1.165, 1.54) is 29.5 Å². The molecule has 0 unspecified atom stereocenters. The maximum absolute atomic E-state index is 4.93. The van der Waals surface area contributed by atoms with Gasteiger partial charge in [0.2, 0.25) is 0 Å². The number of hydrogen-bond donors (Lipinski definition) is 4. The van der Waals surface area contributed by atoms with E-state index in [1.54, 1.807) is 0 Å². The molecular weight excluding hydrogens is 482 g/mol. The zero-order valence-electron chi connectivity index (χ0n) is 21.5. The van der Waals surface area contributed by atoms with Gasteiger partial charge in [-0.1, -0.05) is 48.6 Å². The summed E-state index contributed by atoms with van der Waals surface area (Å²) in [6.45, 7) is 4.11. The highest BCUT2D eigenvalue weighted by Gasteiger charge is 2.50. The molecule has 0 radical (unpaired) electrons. The number of rotatable bonds is 5. The number of piperidine rings is 2. The van der Waals surface area contributed by atoms with Gasteiger partial charge >= 0.3 is 0 Å². The predicted octanol–water partition coefficient (Wildman–Crippen LogP) is 5.69. The number of imidazole rings is 2. The molecule has 192 valence electrons. The molecule has 5 aromatic rings. The van der Waals surface area contributed by atoms with E-state index < -0.39 is 0 Å². The van der Waals surface area contributed by atoms with Gasteiger partial charge in [0.05, 0.1) is 47.1 Å². The predicted molar refractivity (Wildman–Crippen MR) is 152 cm³/mol. The summed E-state index contributed by atoms with van der Waals surface area (Å²) in [6, 6.07) is 21.3. The second kappa shape index (κ2) is 7.97. The van der Waals surface area contributed by atoms with E-state index >= 15 is 0 Å². The van der Waals surface area contributed by atoms with Gasteiger partial charge in [-0.15, -0.1) is 0 Å². The van der Waals surface area contributed by atoms with E-state index in [9.17, 15) is 0 Å². The topological polar surface area (TPSA) is 94.3 Å². The van der Waals surface area contributed by atoms with Crippen molar-refractivity contribution in [2.75, 3.05) is 0 Å². The van der Waals surface area contributed by atoms with Crippen LogP contribution in [0.5, 0.6) is 0 Å². The average molecular weight is 512 g/mol. The fraction of sp³-hybridized carbons (Fsp3) is 0.281. The quantitative estimate of drug-likeness (QED) is 0.227. The largest absolute Gasteiger partial charge is 0.341 e. The smallest absolute Gasteiger partial charge is 0.123 e. The Hall–Kier alpha value is -4.07. The third-order valence-corrected chi connectivity index (χ3v) is 9.26. The van der Waals surface area contributed by atoms with Crippen molar-refractivity contribution in [3.63, 3.8) is 0 Å². The number of aromatic nitrogens is 5. The summed E-state index contributed by atoms with van der Waals surface area (Å²) in [6.07, 6.45) is 7.46. The van der Waals surface area contributed by atoms with Crippen molar-refractivity contribution in [3.8, 4) is 33.8 Å². The van der Waals surface area contributed by atoms with Crippen LogP contribution in [0, 0.1) is 11.8 Å². The van der Waals surface area contributed by atoms with Crippen molar-refractivity contribution in [1.82, 2.24) is 35.6 Å². The van der Waals surface area contributed by atoms with Crippen molar-refractivity contribution in [1.29, 1.82) is 0 Å². The zero-order valence-corrected chi connectivity index (χ0v) is 21.5. The molecular formula is C32H29N7. The fourth-order valence-electron chi connectivity index (χ4n) is 6.75. The highest BCUT2D eigenvalue weighted by molar-refractivity contribution is 5.86. The van der Waals surface area contributed by atoms with E-state index in [0.717, 1.165) is 57.5 Å². The van der Waals surface area contributed by atoms with Gasteiger partial charge < -0.3 is 20.6 Å². The molecule has 3 aromatic heterocycles. The molecule has 4 N–H and O–H groups in total. The van der Waals surface area contributed by atoms with Crippen molar-refractivity contribution in [3.05, 3.63) is 90.8 Å². The summed E-state index contributed by atoms with van der Waals surface area (Å²) >= 11 is 0. The van der Waals surface area contributed by atoms with E-state index in [1.807, 2.05) is 12.4 Å². The molecule has 7 heteroatoms. The summed E-state index contributed by atoms with van der Waals surface area (Å²) in [5.41, 5.74) is 8.78. The number of benzene rings is 2. The van der Waals surface area contributed by atoms with Crippen LogP contribution in [-0.2, 0) is 0 Å². The first-order chi connectivity index (χ1) is 19.2. The third-order valence-electron chi connectivity index (χ3n) is 9.26. The van der Waals surface area contributed by atoms with E-state index in [4.69, 9.17) is 4.98 Å². The normalized spacial score (nSPS) is 28.6. The second-order valence-electron chi connectivity index (χ2n) is 11.7. The van der Waals surface area contributed by atoms with Crippen molar-refractivity contribution in [2.45, 2.75) is 43.4 Å². The minimum Gasteiger partial charge on any atom is -0.341 e. The molecule has 5 heterocycles. The first-order valence-corrected chi connectivity index (χ1v) is 14.0. The number of pyridine rings is 1. The Kier molecular flexibility index (Phi) is 4.46. The molecule has 7 nitrogen and oxygen atoms in total. The highest BCUT2D eigenvalue weighted by atomic mass is 15.1. The van der Waals surface area contributed by atoms with Crippen LogP contribution in [0.1, 0.15) is 43.0 Å². The molecule has 2 aromatic carbocycles. The SMILES string of the molecule is C=C1[C@H]2N[C@H](c3ncc(-c4ccc(-c5ccc6nc(-c7cnc([C@@H]8C[C@H]9C[C@H]9N8)[nH]7)ccc6c5)cc4)[nH]3)C[C@@H]12. The molecule has 2 saturated heterocycles. The number of hydrogen-bond acceptors (Lipinski definition) is 5. The van der Waals surface area contributed by atoms with E-state index in [-0.39, 0.29) is 0 Å². The van der Waals surface area contributed by atoms with Crippen LogP contribution in [0.4, 0.5) is 0 Å². The first kappa shape index (κ1) is 21.8. The number of fused-ring (bicyclic) bond motifs is 3. The standard InChI is InChI=1S/C32H29N7/c1-16-22-13-27(37-30(16)22)32-33-14-28(38-32)18-4-2-17(3-5-18)19-6-8-23-20(10-19)7-9-24(35-23)29-15-34-31(39-29)26-12-21-11-25(21)36-26/h2-10,14-15,21-22,25-27,30,36-37H,1,11-13H2,(H,33,38)(H,34,39)/t21-,22+,25-,26+,27+,30-/m1/s1. The Labute approximate surface area is 226 Å². The maximum Gasteiger partial charge on any atom is 0.123 e.